The number of furan rings is 1. The third-order valence-corrected chi connectivity index (χ3v) is 3.60. The smallest absolute Gasteiger partial charge is 0.259 e. The lowest BCUT2D eigenvalue weighted by molar-refractivity contribution is 0.102. The van der Waals surface area contributed by atoms with Crippen LogP contribution in [0.25, 0.3) is 0 Å². The molecular weight excluding hydrogens is 318 g/mol. The van der Waals surface area contributed by atoms with Crippen LogP contribution in [-0.2, 0) is 0 Å². The van der Waals surface area contributed by atoms with Gasteiger partial charge in [0.1, 0.15) is 17.3 Å². The van der Waals surface area contributed by atoms with Gasteiger partial charge in [-0.1, -0.05) is 12.1 Å². The van der Waals surface area contributed by atoms with Gasteiger partial charge in [-0.2, -0.15) is 0 Å². The van der Waals surface area contributed by atoms with Gasteiger partial charge in [0.15, 0.2) is 5.75 Å². The van der Waals surface area contributed by atoms with Gasteiger partial charge in [-0.3, -0.25) is 4.79 Å². The number of para-hydroxylation sites is 2. The van der Waals surface area contributed by atoms with Gasteiger partial charge >= 0.3 is 0 Å². The van der Waals surface area contributed by atoms with E-state index in [0.717, 1.165) is 5.75 Å². The number of ether oxygens (including phenoxy) is 2. The Labute approximate surface area is 146 Å². The normalized spacial score (nSPS) is 10.3. The lowest BCUT2D eigenvalue weighted by Crippen LogP contribution is -2.12. The van der Waals surface area contributed by atoms with E-state index in [9.17, 15) is 4.79 Å². The Hall–Kier alpha value is -3.21. The Balaban J connectivity index is 1.76. The van der Waals surface area contributed by atoms with Crippen LogP contribution in [0.1, 0.15) is 23.0 Å². The average molecular weight is 337 g/mol. The molecule has 0 bridgehead atoms. The van der Waals surface area contributed by atoms with Crippen molar-refractivity contribution in [2.45, 2.75) is 13.8 Å². The van der Waals surface area contributed by atoms with Crippen LogP contribution >= 0.6 is 0 Å². The van der Waals surface area contributed by atoms with Gasteiger partial charge < -0.3 is 19.2 Å². The minimum absolute atomic E-state index is 0.242. The van der Waals surface area contributed by atoms with E-state index in [1.807, 2.05) is 43.3 Å². The van der Waals surface area contributed by atoms with Crippen LogP contribution in [0.15, 0.2) is 65.3 Å². The van der Waals surface area contributed by atoms with E-state index in [0.29, 0.717) is 35.1 Å². The van der Waals surface area contributed by atoms with Crippen LogP contribution in [0.2, 0.25) is 0 Å². The summed E-state index contributed by atoms with van der Waals surface area (Å²) in [4.78, 5) is 12.4. The minimum atomic E-state index is -0.242. The predicted molar refractivity (Wildman–Crippen MR) is 95.5 cm³/mol. The summed E-state index contributed by atoms with van der Waals surface area (Å²) in [6.07, 6.45) is 1.49. The largest absolute Gasteiger partial charge is 0.494 e. The van der Waals surface area contributed by atoms with Crippen LogP contribution in [-0.4, -0.2) is 12.5 Å². The first-order chi connectivity index (χ1) is 12.2. The van der Waals surface area contributed by atoms with Gasteiger partial charge in [0.25, 0.3) is 5.91 Å². The van der Waals surface area contributed by atoms with Crippen molar-refractivity contribution in [2.75, 3.05) is 11.9 Å². The Kier molecular flexibility index (Phi) is 5.04. The van der Waals surface area contributed by atoms with Gasteiger partial charge in [-0.15, -0.1) is 0 Å². The molecule has 0 radical (unpaired) electrons. The van der Waals surface area contributed by atoms with E-state index in [-0.39, 0.29) is 5.91 Å². The maximum atomic E-state index is 12.4. The summed E-state index contributed by atoms with van der Waals surface area (Å²) in [6, 6.07) is 16.2. The second-order valence-electron chi connectivity index (χ2n) is 5.35. The highest BCUT2D eigenvalue weighted by Crippen LogP contribution is 2.30. The summed E-state index contributed by atoms with van der Waals surface area (Å²) in [7, 11) is 0. The Bertz CT molecular complexity index is 852. The van der Waals surface area contributed by atoms with Gasteiger partial charge in [-0.05, 0) is 56.3 Å². The first-order valence-corrected chi connectivity index (χ1v) is 8.02. The van der Waals surface area contributed by atoms with Gasteiger partial charge in [0.2, 0.25) is 0 Å². The van der Waals surface area contributed by atoms with E-state index in [2.05, 4.69) is 5.32 Å². The zero-order valence-electron chi connectivity index (χ0n) is 14.1. The van der Waals surface area contributed by atoms with Crippen LogP contribution in [0.5, 0.6) is 17.2 Å². The van der Waals surface area contributed by atoms with Crippen LogP contribution < -0.4 is 14.8 Å². The topological polar surface area (TPSA) is 60.7 Å². The standard InChI is InChI=1S/C20H19NO4/c1-3-23-15-8-10-16(11-9-15)25-19-7-5-4-6-18(19)21-20(22)17-12-13-24-14(17)2/h4-13H,3H2,1-2H3,(H,21,22). The average Bonchev–Trinajstić information content (AvgIpc) is 3.05. The van der Waals surface area contributed by atoms with Crippen molar-refractivity contribution >= 4 is 11.6 Å². The molecule has 0 aliphatic heterocycles. The molecule has 5 heteroatoms. The molecule has 0 saturated heterocycles. The molecule has 0 spiro atoms. The fourth-order valence-corrected chi connectivity index (χ4v) is 2.37. The number of carbonyl (C=O) groups is 1. The maximum absolute atomic E-state index is 12.4. The first kappa shape index (κ1) is 16.6. The summed E-state index contributed by atoms with van der Waals surface area (Å²) < 4.78 is 16.5. The predicted octanol–water partition coefficient (Wildman–Crippen LogP) is 5.03. The zero-order valence-corrected chi connectivity index (χ0v) is 14.1. The fraction of sp³-hybridized carbons (Fsp3) is 0.150. The van der Waals surface area contributed by atoms with E-state index in [4.69, 9.17) is 13.9 Å². The van der Waals surface area contributed by atoms with E-state index in [1.54, 1.807) is 25.1 Å². The number of hydrogen-bond acceptors (Lipinski definition) is 4. The number of hydrogen-bond donors (Lipinski definition) is 1. The molecule has 0 aliphatic carbocycles. The molecule has 3 aromatic rings. The molecule has 3 rings (SSSR count). The molecule has 1 heterocycles. The number of carbonyl (C=O) groups excluding carboxylic acids is 1. The fourth-order valence-electron chi connectivity index (χ4n) is 2.37. The van der Waals surface area contributed by atoms with Gasteiger partial charge in [0.05, 0.1) is 24.1 Å². The molecular formula is C20H19NO4. The van der Waals surface area contributed by atoms with Crippen molar-refractivity contribution in [1.82, 2.24) is 0 Å². The van der Waals surface area contributed by atoms with Crippen molar-refractivity contribution in [1.29, 1.82) is 0 Å². The second kappa shape index (κ2) is 7.57. The molecule has 25 heavy (non-hydrogen) atoms. The van der Waals surface area contributed by atoms with Crippen LogP contribution in [0.4, 0.5) is 5.69 Å². The third kappa shape index (κ3) is 4.01. The number of amides is 1. The van der Waals surface area contributed by atoms with E-state index in [1.165, 1.54) is 6.26 Å². The molecule has 1 aromatic heterocycles. The Morgan fingerprint density at radius 2 is 1.76 bits per heavy atom. The van der Waals surface area contributed by atoms with Crippen molar-refractivity contribution in [3.05, 3.63) is 72.2 Å². The summed E-state index contributed by atoms with van der Waals surface area (Å²) in [5.41, 5.74) is 1.08. The lowest BCUT2D eigenvalue weighted by Gasteiger charge is -2.12. The van der Waals surface area contributed by atoms with Gasteiger partial charge in [-0.25, -0.2) is 0 Å². The number of anilines is 1. The van der Waals surface area contributed by atoms with Crippen LogP contribution in [0.3, 0.4) is 0 Å². The van der Waals surface area contributed by atoms with Crippen molar-refractivity contribution in [3.63, 3.8) is 0 Å². The second-order valence-corrected chi connectivity index (χ2v) is 5.35. The highest BCUT2D eigenvalue weighted by molar-refractivity contribution is 6.05. The molecule has 0 unspecified atom stereocenters. The zero-order chi connectivity index (χ0) is 17.6. The molecule has 5 nitrogen and oxygen atoms in total. The summed E-state index contributed by atoms with van der Waals surface area (Å²) >= 11 is 0. The van der Waals surface area contributed by atoms with E-state index < -0.39 is 0 Å². The summed E-state index contributed by atoms with van der Waals surface area (Å²) in [6.45, 7) is 4.30. The quantitative estimate of drug-likeness (QED) is 0.685. The minimum Gasteiger partial charge on any atom is -0.494 e. The molecule has 1 amide bonds. The highest BCUT2D eigenvalue weighted by Gasteiger charge is 2.14. The molecule has 128 valence electrons. The van der Waals surface area contributed by atoms with Crippen molar-refractivity contribution in [3.8, 4) is 17.2 Å². The Morgan fingerprint density at radius 3 is 2.44 bits per heavy atom. The third-order valence-electron chi connectivity index (χ3n) is 3.60. The van der Waals surface area contributed by atoms with Crippen LogP contribution in [0, 0.1) is 6.92 Å². The first-order valence-electron chi connectivity index (χ1n) is 8.02. The highest BCUT2D eigenvalue weighted by atomic mass is 16.5. The number of rotatable bonds is 6. The molecule has 0 aliphatic rings. The lowest BCUT2D eigenvalue weighted by atomic mass is 10.2. The van der Waals surface area contributed by atoms with Crippen molar-refractivity contribution < 1.29 is 18.7 Å². The van der Waals surface area contributed by atoms with Crippen molar-refractivity contribution in [2.24, 2.45) is 0 Å². The molecule has 0 saturated carbocycles. The molecule has 0 fully saturated rings. The summed E-state index contributed by atoms with van der Waals surface area (Å²) in [5.74, 6) is 2.33. The van der Waals surface area contributed by atoms with Gasteiger partial charge in [0, 0.05) is 0 Å². The molecule has 0 atom stereocenters. The summed E-state index contributed by atoms with van der Waals surface area (Å²) in [5, 5.41) is 2.86. The number of nitrogens with one attached hydrogen (secondary N) is 1. The SMILES string of the molecule is CCOc1ccc(Oc2ccccc2NC(=O)c2ccoc2C)cc1. The molecule has 1 N–H and O–H groups in total. The monoisotopic (exact) mass is 337 g/mol. The Morgan fingerprint density at radius 1 is 1.04 bits per heavy atom. The van der Waals surface area contributed by atoms with E-state index >= 15 is 0 Å². The molecule has 2 aromatic carbocycles. The number of aryl methyl sites for hydroxylation is 1. The maximum Gasteiger partial charge on any atom is 0.259 e. The number of benzene rings is 2.